The molecule has 0 fully saturated rings. The number of amides is 1. The number of benzene rings is 2. The molecule has 1 aliphatic carbocycles. The van der Waals surface area contributed by atoms with E-state index in [9.17, 15) is 9.59 Å². The highest BCUT2D eigenvalue weighted by Gasteiger charge is 2.15. The van der Waals surface area contributed by atoms with Crippen molar-refractivity contribution >= 4 is 17.4 Å². The van der Waals surface area contributed by atoms with Gasteiger partial charge in [-0.3, -0.25) is 9.59 Å². The SMILES string of the molecule is O=C(CCC(=O)c1ccc2c(c1)CCC2)Nc1cccc(C#Cc2ccccn2)c1. The molecule has 0 radical (unpaired) electrons. The van der Waals surface area contributed by atoms with Crippen molar-refractivity contribution in [2.24, 2.45) is 0 Å². The monoisotopic (exact) mass is 394 g/mol. The quantitative estimate of drug-likeness (QED) is 0.509. The number of carbonyl (C=O) groups is 2. The topological polar surface area (TPSA) is 59.1 Å². The fourth-order valence-electron chi connectivity index (χ4n) is 3.59. The minimum Gasteiger partial charge on any atom is -0.326 e. The van der Waals surface area contributed by atoms with Crippen LogP contribution in [-0.4, -0.2) is 16.7 Å². The average Bonchev–Trinajstić information content (AvgIpc) is 3.25. The zero-order valence-corrected chi connectivity index (χ0v) is 16.7. The zero-order valence-electron chi connectivity index (χ0n) is 16.7. The van der Waals surface area contributed by atoms with Gasteiger partial charge in [0, 0.05) is 35.9 Å². The van der Waals surface area contributed by atoms with Gasteiger partial charge in [-0.25, -0.2) is 4.98 Å². The van der Waals surface area contributed by atoms with E-state index in [0.717, 1.165) is 24.8 Å². The Hall–Kier alpha value is -3.71. The van der Waals surface area contributed by atoms with Crippen LogP contribution in [-0.2, 0) is 17.6 Å². The minimum absolute atomic E-state index is 0.00910. The van der Waals surface area contributed by atoms with Crippen LogP contribution in [0.1, 0.15) is 52.0 Å². The largest absolute Gasteiger partial charge is 0.326 e. The number of rotatable bonds is 5. The van der Waals surface area contributed by atoms with E-state index in [1.165, 1.54) is 11.1 Å². The molecule has 0 atom stereocenters. The number of nitrogens with one attached hydrogen (secondary N) is 1. The predicted molar refractivity (Wildman–Crippen MR) is 117 cm³/mol. The summed E-state index contributed by atoms with van der Waals surface area (Å²) >= 11 is 0. The summed E-state index contributed by atoms with van der Waals surface area (Å²) in [5, 5.41) is 2.85. The van der Waals surface area contributed by atoms with Crippen molar-refractivity contribution in [3.63, 3.8) is 0 Å². The smallest absolute Gasteiger partial charge is 0.224 e. The second-order valence-corrected chi connectivity index (χ2v) is 7.35. The van der Waals surface area contributed by atoms with Crippen LogP contribution in [0.4, 0.5) is 5.69 Å². The summed E-state index contributed by atoms with van der Waals surface area (Å²) in [6.07, 6.45) is 5.34. The van der Waals surface area contributed by atoms with Gasteiger partial charge in [0.25, 0.3) is 0 Å². The van der Waals surface area contributed by atoms with E-state index in [4.69, 9.17) is 0 Å². The van der Waals surface area contributed by atoms with Crippen LogP contribution < -0.4 is 5.32 Å². The first-order valence-corrected chi connectivity index (χ1v) is 10.2. The molecule has 2 aromatic carbocycles. The van der Waals surface area contributed by atoms with Crippen molar-refractivity contribution in [3.8, 4) is 11.8 Å². The third kappa shape index (κ3) is 5.01. The van der Waals surface area contributed by atoms with Gasteiger partial charge in [-0.2, -0.15) is 0 Å². The molecule has 1 N–H and O–H groups in total. The van der Waals surface area contributed by atoms with E-state index < -0.39 is 0 Å². The van der Waals surface area contributed by atoms with Crippen LogP contribution in [0.5, 0.6) is 0 Å². The van der Waals surface area contributed by atoms with Crippen molar-refractivity contribution < 1.29 is 9.59 Å². The Morgan fingerprint density at radius 2 is 1.80 bits per heavy atom. The first-order valence-electron chi connectivity index (χ1n) is 10.2. The molecule has 4 heteroatoms. The summed E-state index contributed by atoms with van der Waals surface area (Å²) in [7, 11) is 0. The lowest BCUT2D eigenvalue weighted by molar-refractivity contribution is -0.116. The molecule has 4 nitrogen and oxygen atoms in total. The summed E-state index contributed by atoms with van der Waals surface area (Å²) in [6, 6.07) is 18.8. The summed E-state index contributed by atoms with van der Waals surface area (Å²) in [5.74, 6) is 5.88. The van der Waals surface area contributed by atoms with Gasteiger partial charge in [0.05, 0.1) is 0 Å². The maximum absolute atomic E-state index is 12.5. The molecule has 148 valence electrons. The maximum atomic E-state index is 12.5. The molecule has 3 aromatic rings. The number of hydrogen-bond donors (Lipinski definition) is 1. The third-order valence-corrected chi connectivity index (χ3v) is 5.15. The van der Waals surface area contributed by atoms with Gasteiger partial charge in [-0.1, -0.05) is 30.2 Å². The Morgan fingerprint density at radius 1 is 0.900 bits per heavy atom. The van der Waals surface area contributed by atoms with Gasteiger partial charge in [-0.05, 0) is 72.7 Å². The lowest BCUT2D eigenvalue weighted by Crippen LogP contribution is -2.13. The molecule has 0 spiro atoms. The lowest BCUT2D eigenvalue weighted by atomic mass is 10.0. The minimum atomic E-state index is -0.181. The number of hydrogen-bond acceptors (Lipinski definition) is 3. The molecular weight excluding hydrogens is 372 g/mol. The summed E-state index contributed by atoms with van der Waals surface area (Å²) in [4.78, 5) is 29.0. The van der Waals surface area contributed by atoms with Gasteiger partial charge < -0.3 is 5.32 Å². The fraction of sp³-hybridized carbons (Fsp3) is 0.192. The van der Waals surface area contributed by atoms with Crippen LogP contribution in [0.25, 0.3) is 0 Å². The molecule has 0 bridgehead atoms. The normalized spacial score (nSPS) is 11.9. The van der Waals surface area contributed by atoms with E-state index in [1.807, 2.05) is 60.7 Å². The maximum Gasteiger partial charge on any atom is 0.224 e. The van der Waals surface area contributed by atoms with Crippen molar-refractivity contribution in [1.29, 1.82) is 0 Å². The Kier molecular flexibility index (Phi) is 6.01. The summed E-state index contributed by atoms with van der Waals surface area (Å²) in [6.45, 7) is 0. The number of ketones is 1. The van der Waals surface area contributed by atoms with E-state index in [2.05, 4.69) is 22.1 Å². The molecule has 0 saturated heterocycles. The summed E-state index contributed by atoms with van der Waals surface area (Å²) in [5.41, 5.74) is 5.46. The molecule has 0 unspecified atom stereocenters. The van der Waals surface area contributed by atoms with Crippen LogP contribution >= 0.6 is 0 Å². The Morgan fingerprint density at radius 3 is 2.67 bits per heavy atom. The molecule has 1 aromatic heterocycles. The second-order valence-electron chi connectivity index (χ2n) is 7.35. The predicted octanol–water partition coefficient (Wildman–Crippen LogP) is 4.57. The van der Waals surface area contributed by atoms with Crippen LogP contribution in [0.2, 0.25) is 0 Å². The molecule has 1 amide bonds. The highest BCUT2D eigenvalue weighted by Crippen LogP contribution is 2.23. The standard InChI is InChI=1S/C26H22N2O2/c29-25(22-12-11-20-6-4-7-21(20)18-22)14-15-26(30)28-24-9-3-5-19(17-24)10-13-23-8-1-2-16-27-23/h1-3,5,8-9,11-12,16-18H,4,6-7,14-15H2,(H,28,30). The fourth-order valence-corrected chi connectivity index (χ4v) is 3.59. The third-order valence-electron chi connectivity index (χ3n) is 5.15. The van der Waals surface area contributed by atoms with Crippen molar-refractivity contribution in [2.75, 3.05) is 5.32 Å². The molecular formula is C26H22N2O2. The number of Topliss-reactive ketones (excluding diaryl/α,β-unsaturated/α-hetero) is 1. The van der Waals surface area contributed by atoms with E-state index in [-0.39, 0.29) is 24.5 Å². The van der Waals surface area contributed by atoms with Crippen LogP contribution in [0.3, 0.4) is 0 Å². The van der Waals surface area contributed by atoms with Crippen molar-refractivity contribution in [2.45, 2.75) is 32.1 Å². The molecule has 4 rings (SSSR count). The lowest BCUT2D eigenvalue weighted by Gasteiger charge is -2.07. The van der Waals surface area contributed by atoms with Crippen molar-refractivity contribution in [1.82, 2.24) is 4.98 Å². The first kappa shape index (κ1) is 19.6. The Labute approximate surface area is 176 Å². The number of fused-ring (bicyclic) bond motifs is 1. The average molecular weight is 394 g/mol. The highest BCUT2D eigenvalue weighted by atomic mass is 16.2. The number of nitrogens with zero attached hydrogens (tertiary/aromatic N) is 1. The van der Waals surface area contributed by atoms with Gasteiger partial charge >= 0.3 is 0 Å². The van der Waals surface area contributed by atoms with Crippen molar-refractivity contribution in [3.05, 3.63) is 94.8 Å². The number of aryl methyl sites for hydroxylation is 2. The van der Waals surface area contributed by atoms with E-state index in [1.54, 1.807) is 6.20 Å². The first-order chi connectivity index (χ1) is 14.7. The molecule has 1 heterocycles. The van der Waals surface area contributed by atoms with Crippen LogP contribution in [0, 0.1) is 11.8 Å². The molecule has 0 aliphatic heterocycles. The molecule has 1 aliphatic rings. The molecule has 30 heavy (non-hydrogen) atoms. The van der Waals surface area contributed by atoms with Gasteiger partial charge in [-0.15, -0.1) is 0 Å². The Balaban J connectivity index is 1.33. The number of pyridine rings is 1. The summed E-state index contributed by atoms with van der Waals surface area (Å²) < 4.78 is 0. The zero-order chi connectivity index (χ0) is 20.8. The van der Waals surface area contributed by atoms with Crippen LogP contribution in [0.15, 0.2) is 66.9 Å². The highest BCUT2D eigenvalue weighted by molar-refractivity contribution is 6.00. The molecule has 0 saturated carbocycles. The van der Waals surface area contributed by atoms with Gasteiger partial charge in [0.2, 0.25) is 5.91 Å². The van der Waals surface area contributed by atoms with E-state index >= 15 is 0 Å². The Bertz CT molecular complexity index is 1140. The van der Waals surface area contributed by atoms with Gasteiger partial charge in [0.1, 0.15) is 5.69 Å². The number of carbonyl (C=O) groups excluding carboxylic acids is 2. The van der Waals surface area contributed by atoms with E-state index in [0.29, 0.717) is 16.9 Å². The second kappa shape index (κ2) is 9.19. The number of aromatic nitrogens is 1. The number of anilines is 1. The van der Waals surface area contributed by atoms with Gasteiger partial charge in [0.15, 0.2) is 5.78 Å².